The Morgan fingerprint density at radius 2 is 2.24 bits per heavy atom. The maximum atomic E-state index is 4.28. The molecule has 6 heteroatoms. The van der Waals surface area contributed by atoms with Crippen LogP contribution in [0, 0.1) is 0 Å². The van der Waals surface area contributed by atoms with E-state index >= 15 is 0 Å². The molecule has 3 aromatic heterocycles. The molecule has 0 unspecified atom stereocenters. The molecule has 0 fully saturated rings. The van der Waals surface area contributed by atoms with Gasteiger partial charge in [0, 0.05) is 14.7 Å². The molecule has 3 aromatic rings. The number of fused-ring (bicyclic) bond motifs is 1. The highest BCUT2D eigenvalue weighted by atomic mass is 79.9. The lowest BCUT2D eigenvalue weighted by Gasteiger charge is -2.03. The van der Waals surface area contributed by atoms with E-state index < -0.39 is 0 Å². The average molecular weight is 326 g/mol. The van der Waals surface area contributed by atoms with Crippen LogP contribution in [0.3, 0.4) is 0 Å². The average Bonchev–Trinajstić information content (AvgIpc) is 2.94. The van der Waals surface area contributed by atoms with E-state index in [1.165, 1.54) is 4.88 Å². The van der Waals surface area contributed by atoms with Gasteiger partial charge in [0.25, 0.3) is 0 Å². The van der Waals surface area contributed by atoms with Crippen LogP contribution in [0.15, 0.2) is 33.7 Å². The first-order chi connectivity index (χ1) is 8.33. The molecule has 0 aliphatic heterocycles. The third-order valence-electron chi connectivity index (χ3n) is 2.29. The number of nitrogens with one attached hydrogen (secondary N) is 1. The summed E-state index contributed by atoms with van der Waals surface area (Å²) in [7, 11) is 0. The van der Waals surface area contributed by atoms with Gasteiger partial charge in [-0.05, 0) is 33.4 Å². The van der Waals surface area contributed by atoms with Crippen molar-refractivity contribution in [2.45, 2.75) is 6.54 Å². The van der Waals surface area contributed by atoms with E-state index in [1.807, 2.05) is 11.4 Å². The topological polar surface area (TPSA) is 37.8 Å². The molecule has 0 bridgehead atoms. The fraction of sp³-hybridized carbons (Fsp3) is 0.0909. The summed E-state index contributed by atoms with van der Waals surface area (Å²) in [5.74, 6) is 0.912. The van der Waals surface area contributed by atoms with E-state index in [-0.39, 0.29) is 0 Å². The first-order valence-corrected chi connectivity index (χ1v) is 7.53. The second kappa shape index (κ2) is 4.72. The molecule has 0 atom stereocenters. The molecule has 0 aliphatic carbocycles. The van der Waals surface area contributed by atoms with Gasteiger partial charge in [-0.2, -0.15) is 0 Å². The Morgan fingerprint density at radius 3 is 3.06 bits per heavy atom. The van der Waals surface area contributed by atoms with Crippen molar-refractivity contribution in [2.24, 2.45) is 0 Å². The highest BCUT2D eigenvalue weighted by Crippen LogP contribution is 2.26. The van der Waals surface area contributed by atoms with Crippen LogP contribution in [0.4, 0.5) is 5.82 Å². The van der Waals surface area contributed by atoms with Crippen molar-refractivity contribution in [1.82, 2.24) is 9.97 Å². The second-order valence-electron chi connectivity index (χ2n) is 3.44. The van der Waals surface area contributed by atoms with Crippen LogP contribution in [-0.2, 0) is 6.54 Å². The molecule has 86 valence electrons. The molecule has 17 heavy (non-hydrogen) atoms. The number of halogens is 1. The van der Waals surface area contributed by atoms with Gasteiger partial charge < -0.3 is 5.32 Å². The van der Waals surface area contributed by atoms with Crippen LogP contribution in [0.5, 0.6) is 0 Å². The molecule has 3 nitrogen and oxygen atoms in total. The Bertz CT molecular complexity index is 647. The van der Waals surface area contributed by atoms with Crippen LogP contribution in [0.1, 0.15) is 4.88 Å². The van der Waals surface area contributed by atoms with Gasteiger partial charge in [-0.25, -0.2) is 9.97 Å². The monoisotopic (exact) mass is 325 g/mol. The Hall–Kier alpha value is -0.980. The van der Waals surface area contributed by atoms with Gasteiger partial charge in [0.15, 0.2) is 0 Å². The van der Waals surface area contributed by atoms with E-state index in [4.69, 9.17) is 0 Å². The van der Waals surface area contributed by atoms with Crippen molar-refractivity contribution < 1.29 is 0 Å². The molecular weight excluding hydrogens is 318 g/mol. The lowest BCUT2D eigenvalue weighted by atomic mass is 10.4. The van der Waals surface area contributed by atoms with E-state index in [9.17, 15) is 0 Å². The highest BCUT2D eigenvalue weighted by molar-refractivity contribution is 9.10. The fourth-order valence-corrected chi connectivity index (χ4v) is 3.73. The minimum atomic E-state index is 0.792. The fourth-order valence-electron chi connectivity index (χ4n) is 1.53. The number of thiophene rings is 2. The van der Waals surface area contributed by atoms with E-state index in [0.717, 1.165) is 27.1 Å². The summed E-state index contributed by atoms with van der Waals surface area (Å²) in [6, 6.07) is 4.12. The molecule has 3 rings (SSSR count). The van der Waals surface area contributed by atoms with Crippen LogP contribution >= 0.6 is 38.6 Å². The van der Waals surface area contributed by atoms with Crippen LogP contribution in [0.2, 0.25) is 0 Å². The van der Waals surface area contributed by atoms with Gasteiger partial charge in [0.05, 0.1) is 16.8 Å². The van der Waals surface area contributed by atoms with Gasteiger partial charge in [-0.15, -0.1) is 22.7 Å². The number of hydrogen-bond acceptors (Lipinski definition) is 5. The third kappa shape index (κ3) is 2.34. The highest BCUT2D eigenvalue weighted by Gasteiger charge is 2.05. The number of nitrogens with zero attached hydrogens (tertiary/aromatic N) is 2. The van der Waals surface area contributed by atoms with Crippen molar-refractivity contribution in [2.75, 3.05) is 5.32 Å². The maximum absolute atomic E-state index is 4.28. The van der Waals surface area contributed by atoms with Crippen LogP contribution in [-0.4, -0.2) is 9.97 Å². The lowest BCUT2D eigenvalue weighted by Crippen LogP contribution is -1.99. The van der Waals surface area contributed by atoms with Gasteiger partial charge >= 0.3 is 0 Å². The van der Waals surface area contributed by atoms with Crippen LogP contribution in [0.25, 0.3) is 10.2 Å². The zero-order chi connectivity index (χ0) is 11.7. The molecule has 1 N–H and O–H groups in total. The summed E-state index contributed by atoms with van der Waals surface area (Å²) in [6.45, 7) is 0.792. The van der Waals surface area contributed by atoms with Crippen molar-refractivity contribution >= 4 is 54.6 Å². The third-order valence-corrected chi connectivity index (χ3v) is 4.90. The molecule has 0 spiro atoms. The smallest absolute Gasteiger partial charge is 0.147 e. The summed E-state index contributed by atoms with van der Waals surface area (Å²) >= 11 is 6.84. The van der Waals surface area contributed by atoms with E-state index in [1.54, 1.807) is 29.0 Å². The van der Waals surface area contributed by atoms with Crippen LogP contribution < -0.4 is 5.32 Å². The molecule has 0 saturated carbocycles. The predicted octanol–water partition coefficient (Wildman–Crippen LogP) is 4.13. The Labute approximate surface area is 115 Å². The van der Waals surface area contributed by atoms with Crippen molar-refractivity contribution in [3.05, 3.63) is 38.6 Å². The Morgan fingerprint density at radius 1 is 1.29 bits per heavy atom. The molecule has 0 radical (unpaired) electrons. The van der Waals surface area contributed by atoms with E-state index in [0.29, 0.717) is 0 Å². The quantitative estimate of drug-likeness (QED) is 0.786. The zero-order valence-corrected chi connectivity index (χ0v) is 11.9. The molecule has 0 saturated heterocycles. The summed E-state index contributed by atoms with van der Waals surface area (Å²) in [5.41, 5.74) is 1.000. The van der Waals surface area contributed by atoms with Crippen molar-refractivity contribution in [1.29, 1.82) is 0 Å². The summed E-state index contributed by atoms with van der Waals surface area (Å²) in [5, 5.41) is 7.47. The van der Waals surface area contributed by atoms with Gasteiger partial charge in [-0.1, -0.05) is 0 Å². The predicted molar refractivity (Wildman–Crippen MR) is 76.8 cm³/mol. The Balaban J connectivity index is 1.83. The minimum Gasteiger partial charge on any atom is -0.364 e. The SMILES string of the molecule is Brc1csc(CNc2ncnc3ccsc23)c1. The standard InChI is InChI=1S/C11H8BrN3S2/c12-7-3-8(17-5-7)4-13-11-10-9(1-2-16-10)14-6-15-11/h1-3,5-6H,4H2,(H,13,14,15). The summed E-state index contributed by atoms with van der Waals surface area (Å²) < 4.78 is 2.24. The van der Waals surface area contributed by atoms with E-state index in [2.05, 4.69) is 42.7 Å². The first kappa shape index (κ1) is 11.1. The number of aromatic nitrogens is 2. The summed E-state index contributed by atoms with van der Waals surface area (Å²) in [4.78, 5) is 9.78. The zero-order valence-electron chi connectivity index (χ0n) is 8.68. The largest absolute Gasteiger partial charge is 0.364 e. The first-order valence-electron chi connectivity index (χ1n) is 4.98. The number of hydrogen-bond donors (Lipinski definition) is 1. The Kier molecular flexibility index (Phi) is 3.09. The number of anilines is 1. The second-order valence-corrected chi connectivity index (χ2v) is 6.27. The molecule has 0 aromatic carbocycles. The molecule has 0 aliphatic rings. The van der Waals surface area contributed by atoms with Gasteiger partial charge in [0.2, 0.25) is 0 Å². The molecule has 0 amide bonds. The molecular formula is C11H8BrN3S2. The maximum Gasteiger partial charge on any atom is 0.147 e. The normalized spacial score (nSPS) is 10.9. The van der Waals surface area contributed by atoms with Gasteiger partial charge in [-0.3, -0.25) is 0 Å². The molecule has 3 heterocycles. The van der Waals surface area contributed by atoms with Crippen molar-refractivity contribution in [3.63, 3.8) is 0 Å². The number of rotatable bonds is 3. The lowest BCUT2D eigenvalue weighted by molar-refractivity contribution is 1.13. The van der Waals surface area contributed by atoms with Gasteiger partial charge in [0.1, 0.15) is 12.1 Å². The van der Waals surface area contributed by atoms with Crippen molar-refractivity contribution in [3.8, 4) is 0 Å². The minimum absolute atomic E-state index is 0.792. The summed E-state index contributed by atoms with van der Waals surface area (Å²) in [6.07, 6.45) is 1.60.